The van der Waals surface area contributed by atoms with Gasteiger partial charge >= 0.3 is 0 Å². The Labute approximate surface area is 422 Å². The van der Waals surface area contributed by atoms with E-state index in [4.69, 9.17) is 47.4 Å². The predicted molar refractivity (Wildman–Crippen MR) is 271 cm³/mol. The zero-order valence-electron chi connectivity index (χ0n) is 40.3. The molecule has 7 aromatic carbocycles. The molecule has 0 radical (unpaired) electrons. The number of carbonyl (C=O) groups excluding carboxylic acids is 1. The van der Waals surface area contributed by atoms with Crippen LogP contribution in [0.5, 0.6) is 0 Å². The summed E-state index contributed by atoms with van der Waals surface area (Å²) in [4.78, 5) is 15.2. The number of ether oxygens (including phenoxy) is 10. The third kappa shape index (κ3) is 14.7. The van der Waals surface area contributed by atoms with Gasteiger partial charge in [0.2, 0.25) is 0 Å². The molecule has 2 aliphatic heterocycles. The van der Waals surface area contributed by atoms with Crippen LogP contribution in [-0.4, -0.2) is 74.3 Å². The van der Waals surface area contributed by atoms with Gasteiger partial charge in [-0.15, -0.1) is 0 Å². The van der Waals surface area contributed by atoms with Gasteiger partial charge < -0.3 is 47.4 Å². The molecule has 0 aliphatic carbocycles. The highest BCUT2D eigenvalue weighted by atomic mass is 16.8. The lowest BCUT2D eigenvalue weighted by Crippen LogP contribution is -2.64. The van der Waals surface area contributed by atoms with Gasteiger partial charge in [-0.2, -0.15) is 0 Å². The van der Waals surface area contributed by atoms with Gasteiger partial charge in [-0.25, -0.2) is 0 Å². The SMILES string of the molecule is O=C1[C@@H](OCc2ccccc2)[C@H](O[C@H]2O[C@H](COCc3ccccc3)[C@@H](OCc3ccccc3)[C@H](OCc3ccccc3)[C@@H]2OCc2ccccc2)O[C@H](COCc2ccccc2)[C@@H]1OCc1ccccc1. The quantitative estimate of drug-likeness (QED) is 0.0546. The summed E-state index contributed by atoms with van der Waals surface area (Å²) >= 11 is 0. The van der Waals surface area contributed by atoms with E-state index >= 15 is 4.79 Å². The van der Waals surface area contributed by atoms with Crippen molar-refractivity contribution in [3.05, 3.63) is 251 Å². The number of ketones is 1. The molecule has 9 atom stereocenters. The number of benzene rings is 7. The van der Waals surface area contributed by atoms with Gasteiger partial charge in [0.1, 0.15) is 36.6 Å². The molecule has 0 aromatic heterocycles. The number of hydrogen-bond donors (Lipinski definition) is 0. The Morgan fingerprint density at radius 2 is 0.611 bits per heavy atom. The molecule has 2 fully saturated rings. The standard InChI is InChI=1S/C61H62O11/c62-54-55(65-38-47-26-12-3-13-27-47)52(43-63-36-45-22-8-1-9-23-45)70-60(57(54)67-40-49-30-16-5-17-31-49)72-61-59(69-42-51-34-20-7-21-35-51)58(68-41-50-32-18-6-19-33-50)56(66-39-48-28-14-4-15-29-48)53(71-61)44-64-37-46-24-10-2-11-25-46/h1-35,52-53,55-61H,36-44H2/t52-,53-,55+,56-,57-,58+,59+,60+,61-/m1/s1. The minimum absolute atomic E-state index is 0.0129. The maximum Gasteiger partial charge on any atom is 0.198 e. The topological polar surface area (TPSA) is 109 Å². The van der Waals surface area contributed by atoms with Crippen LogP contribution >= 0.6 is 0 Å². The summed E-state index contributed by atoms with van der Waals surface area (Å²) in [5, 5.41) is 0. The Bertz CT molecular complexity index is 2600. The van der Waals surface area contributed by atoms with E-state index in [1.807, 2.05) is 212 Å². The Balaban J connectivity index is 1.07. The first-order valence-electron chi connectivity index (χ1n) is 24.6. The molecular formula is C61H62O11. The highest BCUT2D eigenvalue weighted by Crippen LogP contribution is 2.35. The zero-order valence-corrected chi connectivity index (χ0v) is 40.3. The van der Waals surface area contributed by atoms with Crippen molar-refractivity contribution in [2.75, 3.05) is 13.2 Å². The van der Waals surface area contributed by atoms with Crippen molar-refractivity contribution >= 4 is 5.78 Å². The van der Waals surface area contributed by atoms with Gasteiger partial charge in [-0.05, 0) is 38.9 Å². The second-order valence-electron chi connectivity index (χ2n) is 17.8. The molecule has 0 spiro atoms. The maximum atomic E-state index is 15.2. The van der Waals surface area contributed by atoms with Crippen molar-refractivity contribution in [1.29, 1.82) is 0 Å². The Morgan fingerprint density at radius 3 is 1.01 bits per heavy atom. The molecule has 2 saturated heterocycles. The van der Waals surface area contributed by atoms with E-state index < -0.39 is 55.3 Å². The second-order valence-corrected chi connectivity index (χ2v) is 17.8. The summed E-state index contributed by atoms with van der Waals surface area (Å²) in [5.41, 5.74) is 6.59. The van der Waals surface area contributed by atoms with Gasteiger partial charge in [-0.3, -0.25) is 4.79 Å². The normalized spacial score (nSPS) is 23.2. The first kappa shape index (κ1) is 50.7. The van der Waals surface area contributed by atoms with Gasteiger partial charge in [0.15, 0.2) is 24.5 Å². The van der Waals surface area contributed by atoms with Crippen molar-refractivity contribution in [2.45, 2.75) is 102 Å². The lowest BCUT2D eigenvalue weighted by atomic mass is 9.97. The Morgan fingerprint density at radius 1 is 0.306 bits per heavy atom. The average molecular weight is 971 g/mol. The molecular weight excluding hydrogens is 909 g/mol. The van der Waals surface area contributed by atoms with Crippen LogP contribution in [0.15, 0.2) is 212 Å². The van der Waals surface area contributed by atoms with Gasteiger partial charge in [0, 0.05) is 0 Å². The van der Waals surface area contributed by atoms with Crippen LogP contribution in [0.25, 0.3) is 0 Å². The molecule has 2 heterocycles. The van der Waals surface area contributed by atoms with E-state index in [-0.39, 0.29) is 58.6 Å². The molecule has 11 nitrogen and oxygen atoms in total. The highest BCUT2D eigenvalue weighted by molar-refractivity contribution is 5.89. The maximum absolute atomic E-state index is 15.2. The molecule has 0 unspecified atom stereocenters. The first-order chi connectivity index (χ1) is 35.6. The first-order valence-corrected chi connectivity index (χ1v) is 24.6. The van der Waals surface area contributed by atoms with E-state index in [0.29, 0.717) is 6.61 Å². The van der Waals surface area contributed by atoms with Crippen molar-refractivity contribution in [1.82, 2.24) is 0 Å². The van der Waals surface area contributed by atoms with Crippen molar-refractivity contribution in [3.63, 3.8) is 0 Å². The van der Waals surface area contributed by atoms with E-state index in [2.05, 4.69) is 0 Å². The molecule has 0 bridgehead atoms. The summed E-state index contributed by atoms with van der Waals surface area (Å²) in [5.74, 6) is -0.354. The van der Waals surface area contributed by atoms with Gasteiger partial charge in [0.05, 0.1) is 59.5 Å². The van der Waals surface area contributed by atoms with Gasteiger partial charge in [-0.1, -0.05) is 212 Å². The fraction of sp³-hybridized carbons (Fsp3) is 0.295. The van der Waals surface area contributed by atoms with Crippen LogP contribution in [0.4, 0.5) is 0 Å². The monoisotopic (exact) mass is 970 g/mol. The fourth-order valence-corrected chi connectivity index (χ4v) is 8.75. The lowest BCUT2D eigenvalue weighted by Gasteiger charge is -2.48. The zero-order chi connectivity index (χ0) is 49.0. The minimum Gasteiger partial charge on any atom is -0.374 e. The molecule has 0 N–H and O–H groups in total. The Hall–Kier alpha value is -6.19. The van der Waals surface area contributed by atoms with Crippen LogP contribution in [0.1, 0.15) is 38.9 Å². The molecule has 11 heteroatoms. The van der Waals surface area contributed by atoms with Crippen LogP contribution in [0, 0.1) is 0 Å². The summed E-state index contributed by atoms with van der Waals surface area (Å²) in [6, 6.07) is 69.0. The number of rotatable bonds is 25. The third-order valence-corrected chi connectivity index (χ3v) is 12.5. The van der Waals surface area contributed by atoms with E-state index in [1.165, 1.54) is 0 Å². The van der Waals surface area contributed by atoms with Crippen molar-refractivity contribution in [2.24, 2.45) is 0 Å². The van der Waals surface area contributed by atoms with Crippen LogP contribution in [-0.2, 0) is 98.4 Å². The molecule has 72 heavy (non-hydrogen) atoms. The van der Waals surface area contributed by atoms with E-state index in [9.17, 15) is 0 Å². The summed E-state index contributed by atoms with van der Waals surface area (Å²) < 4.78 is 67.8. The number of Topliss-reactive ketones (excluding diaryl/α,β-unsaturated/α-hetero) is 1. The fourth-order valence-electron chi connectivity index (χ4n) is 8.75. The summed E-state index contributed by atoms with van der Waals surface area (Å²) in [7, 11) is 0. The molecule has 0 amide bonds. The molecule has 7 aromatic rings. The van der Waals surface area contributed by atoms with E-state index in [0.717, 1.165) is 38.9 Å². The summed E-state index contributed by atoms with van der Waals surface area (Å²) in [6.07, 6.45) is -8.98. The average Bonchev–Trinajstić information content (AvgIpc) is 3.43. The molecule has 2 aliphatic rings. The van der Waals surface area contributed by atoms with Crippen LogP contribution in [0.2, 0.25) is 0 Å². The number of hydrogen-bond acceptors (Lipinski definition) is 11. The predicted octanol–water partition coefficient (Wildman–Crippen LogP) is 10.4. The molecule has 9 rings (SSSR count). The number of carbonyl (C=O) groups is 1. The molecule has 0 saturated carbocycles. The lowest BCUT2D eigenvalue weighted by molar-refractivity contribution is -0.375. The van der Waals surface area contributed by atoms with E-state index in [1.54, 1.807) is 0 Å². The smallest absolute Gasteiger partial charge is 0.198 e. The molecule has 372 valence electrons. The van der Waals surface area contributed by atoms with Crippen LogP contribution in [0.3, 0.4) is 0 Å². The summed E-state index contributed by atoms with van der Waals surface area (Å²) in [6.45, 7) is 1.66. The van der Waals surface area contributed by atoms with Crippen LogP contribution < -0.4 is 0 Å². The van der Waals surface area contributed by atoms with Crippen molar-refractivity contribution in [3.8, 4) is 0 Å². The third-order valence-electron chi connectivity index (χ3n) is 12.5. The largest absolute Gasteiger partial charge is 0.374 e. The van der Waals surface area contributed by atoms with Gasteiger partial charge in [0.25, 0.3) is 0 Å². The van der Waals surface area contributed by atoms with Crippen molar-refractivity contribution < 1.29 is 52.2 Å². The highest BCUT2D eigenvalue weighted by Gasteiger charge is 2.53. The second kappa shape index (κ2) is 27.0. The minimum atomic E-state index is -1.32. The Kier molecular flexibility index (Phi) is 19.0.